The van der Waals surface area contributed by atoms with Gasteiger partial charge in [-0.15, -0.1) is 0 Å². The molecule has 0 aliphatic rings. The number of imidazole rings is 1. The van der Waals surface area contributed by atoms with Crippen LogP contribution in [0.4, 0.5) is 0 Å². The van der Waals surface area contributed by atoms with Crippen LogP contribution in [-0.4, -0.2) is 28.9 Å². The summed E-state index contributed by atoms with van der Waals surface area (Å²) in [5.41, 5.74) is 10.0. The van der Waals surface area contributed by atoms with E-state index in [2.05, 4.69) is 106 Å². The number of aromatic nitrogens is 6. The molecule has 0 amide bonds. The number of oxazole rings is 1. The first-order valence-electron chi connectivity index (χ1n) is 16.2. The Morgan fingerprint density at radius 1 is 0.449 bits per heavy atom. The van der Waals surface area contributed by atoms with Crippen LogP contribution in [-0.2, 0) is 0 Å². The van der Waals surface area contributed by atoms with Gasteiger partial charge in [0.1, 0.15) is 16.7 Å². The van der Waals surface area contributed by atoms with E-state index in [-0.39, 0.29) is 0 Å². The lowest BCUT2D eigenvalue weighted by molar-refractivity contribution is 0.620. The SMILES string of the molecule is c1ccc2oc(-c3ccc(-c4nc(-n5c6ccccc6c6nc7c8ccccc8c8ccccc8n7c65)nc5ccccc45)cc3)nc2c1. The van der Waals surface area contributed by atoms with Crippen LogP contribution in [0.3, 0.4) is 0 Å². The number of nitrogens with zero attached hydrogens (tertiary/aromatic N) is 6. The molecule has 0 unspecified atom stereocenters. The average Bonchev–Trinajstić information content (AvgIpc) is 3.86. The van der Waals surface area contributed by atoms with Gasteiger partial charge < -0.3 is 4.42 Å². The van der Waals surface area contributed by atoms with Gasteiger partial charge in [0.2, 0.25) is 11.8 Å². The molecule has 6 aromatic carbocycles. The van der Waals surface area contributed by atoms with Crippen LogP contribution >= 0.6 is 0 Å². The number of hydrogen-bond donors (Lipinski definition) is 0. The van der Waals surface area contributed by atoms with Gasteiger partial charge in [-0.1, -0.05) is 103 Å². The Labute approximate surface area is 278 Å². The van der Waals surface area contributed by atoms with Crippen molar-refractivity contribution in [2.75, 3.05) is 0 Å². The molecule has 0 fully saturated rings. The van der Waals surface area contributed by atoms with Crippen LogP contribution in [0.5, 0.6) is 0 Å². The van der Waals surface area contributed by atoms with E-state index >= 15 is 0 Å². The first kappa shape index (κ1) is 26.2. The second kappa shape index (κ2) is 9.82. The largest absolute Gasteiger partial charge is 0.436 e. The van der Waals surface area contributed by atoms with Gasteiger partial charge in [0.15, 0.2) is 11.2 Å². The van der Waals surface area contributed by atoms with E-state index in [1.54, 1.807) is 0 Å². The Balaban J connectivity index is 1.20. The molecule has 0 saturated heterocycles. The molecule has 5 heterocycles. The van der Waals surface area contributed by atoms with Crippen LogP contribution in [0.25, 0.3) is 100 Å². The molecular formula is C42H24N6O. The Morgan fingerprint density at radius 2 is 1.08 bits per heavy atom. The third kappa shape index (κ3) is 3.72. The standard InChI is InChI=1S/C42H24N6O/c1-2-13-29-27(11-1)28-12-4-8-18-34(28)47-39(29)45-38-31-15-5-9-19-35(31)48(41(38)47)42-44-32-16-6-3-14-30(32)37(46-42)25-21-23-26(24-22-25)40-43-33-17-7-10-20-36(33)49-40/h1-24H. The van der Waals surface area contributed by atoms with Crippen LogP contribution < -0.4 is 0 Å². The first-order chi connectivity index (χ1) is 24.3. The molecule has 0 N–H and O–H groups in total. The molecule has 228 valence electrons. The normalized spacial score (nSPS) is 12.1. The third-order valence-corrected chi connectivity index (χ3v) is 9.56. The van der Waals surface area contributed by atoms with Gasteiger partial charge in [-0.05, 0) is 47.9 Å². The predicted octanol–water partition coefficient (Wildman–Crippen LogP) is 10.2. The molecule has 11 aromatic rings. The maximum absolute atomic E-state index is 6.06. The summed E-state index contributed by atoms with van der Waals surface area (Å²) in [5.74, 6) is 1.18. The maximum atomic E-state index is 6.06. The van der Waals surface area contributed by atoms with Crippen molar-refractivity contribution in [3.63, 3.8) is 0 Å². The predicted molar refractivity (Wildman–Crippen MR) is 196 cm³/mol. The smallest absolute Gasteiger partial charge is 0.237 e. The minimum atomic E-state index is 0.585. The number of benzene rings is 6. The molecular weight excluding hydrogens is 605 g/mol. The molecule has 0 bridgehead atoms. The molecule has 0 aliphatic heterocycles. The van der Waals surface area contributed by atoms with Crippen molar-refractivity contribution < 1.29 is 4.42 Å². The van der Waals surface area contributed by atoms with Gasteiger partial charge in [0, 0.05) is 32.7 Å². The van der Waals surface area contributed by atoms with Crippen LogP contribution in [0.15, 0.2) is 150 Å². The summed E-state index contributed by atoms with van der Waals surface area (Å²) in [5, 5.41) is 5.48. The Kier molecular flexibility index (Phi) is 5.26. The molecule has 7 heteroatoms. The Morgan fingerprint density at radius 3 is 1.90 bits per heavy atom. The highest BCUT2D eigenvalue weighted by Gasteiger charge is 2.23. The number of fused-ring (bicyclic) bond motifs is 12. The molecule has 0 atom stereocenters. The van der Waals surface area contributed by atoms with Crippen molar-refractivity contribution in [2.45, 2.75) is 0 Å². The van der Waals surface area contributed by atoms with Crippen molar-refractivity contribution in [3.05, 3.63) is 146 Å². The van der Waals surface area contributed by atoms with Gasteiger partial charge >= 0.3 is 0 Å². The fourth-order valence-corrected chi connectivity index (χ4v) is 7.35. The molecule has 11 rings (SSSR count). The minimum Gasteiger partial charge on any atom is -0.436 e. The van der Waals surface area contributed by atoms with Crippen molar-refractivity contribution >= 4 is 71.4 Å². The molecule has 0 radical (unpaired) electrons. The van der Waals surface area contributed by atoms with Gasteiger partial charge in [0.25, 0.3) is 0 Å². The highest BCUT2D eigenvalue weighted by Crippen LogP contribution is 2.38. The molecule has 0 saturated carbocycles. The molecule has 0 aliphatic carbocycles. The lowest BCUT2D eigenvalue weighted by Gasteiger charge is -2.13. The van der Waals surface area contributed by atoms with Crippen LogP contribution in [0.1, 0.15) is 0 Å². The number of rotatable bonds is 3. The van der Waals surface area contributed by atoms with Crippen molar-refractivity contribution in [3.8, 4) is 28.7 Å². The minimum absolute atomic E-state index is 0.585. The number of hydrogen-bond acceptors (Lipinski definition) is 5. The summed E-state index contributed by atoms with van der Waals surface area (Å²) in [4.78, 5) is 20.6. The summed E-state index contributed by atoms with van der Waals surface area (Å²) in [6.07, 6.45) is 0. The molecule has 5 aromatic heterocycles. The van der Waals surface area contributed by atoms with E-state index in [0.717, 1.165) is 77.4 Å². The first-order valence-corrected chi connectivity index (χ1v) is 16.2. The lowest BCUT2D eigenvalue weighted by Crippen LogP contribution is -2.05. The molecule has 49 heavy (non-hydrogen) atoms. The van der Waals surface area contributed by atoms with Crippen LogP contribution in [0, 0.1) is 0 Å². The zero-order valence-electron chi connectivity index (χ0n) is 25.9. The topological polar surface area (TPSA) is 74.0 Å². The summed E-state index contributed by atoms with van der Waals surface area (Å²) in [7, 11) is 0. The number of para-hydroxylation sites is 5. The summed E-state index contributed by atoms with van der Waals surface area (Å²) in [6.45, 7) is 0. The van der Waals surface area contributed by atoms with Gasteiger partial charge in [0.05, 0.1) is 22.2 Å². The average molecular weight is 629 g/mol. The van der Waals surface area contributed by atoms with Gasteiger partial charge in [-0.3, -0.25) is 8.97 Å². The van der Waals surface area contributed by atoms with Crippen LogP contribution in [0.2, 0.25) is 0 Å². The second-order valence-corrected chi connectivity index (χ2v) is 12.3. The zero-order chi connectivity index (χ0) is 32.1. The quantitative estimate of drug-likeness (QED) is 0.182. The van der Waals surface area contributed by atoms with E-state index in [9.17, 15) is 0 Å². The van der Waals surface area contributed by atoms with Crippen molar-refractivity contribution in [1.29, 1.82) is 0 Å². The molecule has 7 nitrogen and oxygen atoms in total. The lowest BCUT2D eigenvalue weighted by atomic mass is 10.0. The Hall–Kier alpha value is -6.86. The maximum Gasteiger partial charge on any atom is 0.237 e. The summed E-state index contributed by atoms with van der Waals surface area (Å²) in [6, 6.07) is 49.7. The highest BCUT2D eigenvalue weighted by atomic mass is 16.3. The van der Waals surface area contributed by atoms with Gasteiger partial charge in [-0.25, -0.2) is 19.9 Å². The zero-order valence-corrected chi connectivity index (χ0v) is 25.9. The summed E-state index contributed by atoms with van der Waals surface area (Å²) >= 11 is 0. The third-order valence-electron chi connectivity index (χ3n) is 9.56. The Bertz CT molecular complexity index is 3080. The van der Waals surface area contributed by atoms with E-state index in [4.69, 9.17) is 24.4 Å². The second-order valence-electron chi connectivity index (χ2n) is 12.3. The van der Waals surface area contributed by atoms with Crippen molar-refractivity contribution in [1.82, 2.24) is 28.9 Å². The fourth-order valence-electron chi connectivity index (χ4n) is 7.35. The molecule has 0 spiro atoms. The highest BCUT2D eigenvalue weighted by molar-refractivity contribution is 6.16. The van der Waals surface area contributed by atoms with Crippen molar-refractivity contribution in [2.24, 2.45) is 0 Å². The van der Waals surface area contributed by atoms with Gasteiger partial charge in [-0.2, -0.15) is 0 Å². The number of pyridine rings is 1. The monoisotopic (exact) mass is 628 g/mol. The van der Waals surface area contributed by atoms with E-state index in [0.29, 0.717) is 11.8 Å². The van der Waals surface area contributed by atoms with E-state index in [1.807, 2.05) is 48.5 Å². The summed E-state index contributed by atoms with van der Waals surface area (Å²) < 4.78 is 10.5. The fraction of sp³-hybridized carbons (Fsp3) is 0. The van der Waals surface area contributed by atoms with E-state index < -0.39 is 0 Å². The van der Waals surface area contributed by atoms with E-state index in [1.165, 1.54) is 10.8 Å².